The zero-order valence-electron chi connectivity index (χ0n) is 12.6. The van der Waals surface area contributed by atoms with Crippen molar-refractivity contribution in [3.63, 3.8) is 0 Å². The lowest BCUT2D eigenvalue weighted by Gasteiger charge is -2.37. The number of methoxy groups -OCH3 is 1. The van der Waals surface area contributed by atoms with Gasteiger partial charge in [0.25, 0.3) is 0 Å². The molecule has 0 bridgehead atoms. The van der Waals surface area contributed by atoms with Crippen LogP contribution in [0.15, 0.2) is 18.2 Å². The van der Waals surface area contributed by atoms with Gasteiger partial charge < -0.3 is 10.5 Å². The molecule has 20 heavy (non-hydrogen) atoms. The van der Waals surface area contributed by atoms with Crippen molar-refractivity contribution in [3.05, 3.63) is 29.3 Å². The Bertz CT molecular complexity index is 489. The van der Waals surface area contributed by atoms with Gasteiger partial charge in [-0.25, -0.2) is 0 Å². The van der Waals surface area contributed by atoms with Crippen molar-refractivity contribution in [2.45, 2.75) is 39.3 Å². The number of ether oxygens (including phenoxy) is 1. The van der Waals surface area contributed by atoms with Gasteiger partial charge in [-0.1, -0.05) is 19.1 Å². The first-order valence-corrected chi connectivity index (χ1v) is 7.63. The van der Waals surface area contributed by atoms with Gasteiger partial charge in [-0.05, 0) is 43.9 Å². The van der Waals surface area contributed by atoms with Gasteiger partial charge in [0.1, 0.15) is 10.7 Å². The van der Waals surface area contributed by atoms with Gasteiger partial charge in [-0.2, -0.15) is 0 Å². The number of rotatable bonds is 4. The second-order valence-electron chi connectivity index (χ2n) is 5.85. The van der Waals surface area contributed by atoms with Crippen molar-refractivity contribution in [1.82, 2.24) is 4.90 Å². The average molecular weight is 292 g/mol. The Morgan fingerprint density at radius 3 is 2.80 bits per heavy atom. The van der Waals surface area contributed by atoms with E-state index in [4.69, 9.17) is 22.7 Å². The topological polar surface area (TPSA) is 38.5 Å². The maximum Gasteiger partial charge on any atom is 0.123 e. The van der Waals surface area contributed by atoms with E-state index in [1.54, 1.807) is 7.11 Å². The van der Waals surface area contributed by atoms with Crippen molar-refractivity contribution < 1.29 is 4.74 Å². The van der Waals surface area contributed by atoms with Gasteiger partial charge in [0, 0.05) is 30.3 Å². The van der Waals surface area contributed by atoms with Crippen molar-refractivity contribution >= 4 is 17.2 Å². The second-order valence-corrected chi connectivity index (χ2v) is 6.29. The van der Waals surface area contributed by atoms with Crippen LogP contribution in [0.5, 0.6) is 5.75 Å². The fourth-order valence-electron chi connectivity index (χ4n) is 2.87. The molecule has 0 saturated carbocycles. The van der Waals surface area contributed by atoms with Crippen LogP contribution >= 0.6 is 12.2 Å². The van der Waals surface area contributed by atoms with Crippen LogP contribution in [-0.2, 0) is 6.54 Å². The third-order valence-corrected chi connectivity index (χ3v) is 4.42. The lowest BCUT2D eigenvalue weighted by molar-refractivity contribution is 0.116. The van der Waals surface area contributed by atoms with Crippen LogP contribution in [0.2, 0.25) is 0 Å². The maximum atomic E-state index is 5.73. The third-order valence-electron chi connectivity index (χ3n) is 4.19. The lowest BCUT2D eigenvalue weighted by atomic mass is 9.94. The van der Waals surface area contributed by atoms with Gasteiger partial charge in [0.2, 0.25) is 0 Å². The molecule has 2 atom stereocenters. The van der Waals surface area contributed by atoms with Gasteiger partial charge in [-0.15, -0.1) is 0 Å². The third kappa shape index (κ3) is 3.49. The van der Waals surface area contributed by atoms with Crippen LogP contribution in [0.25, 0.3) is 0 Å². The zero-order chi connectivity index (χ0) is 14.7. The number of likely N-dealkylation sites (tertiary alicyclic amines) is 1. The van der Waals surface area contributed by atoms with E-state index in [9.17, 15) is 0 Å². The van der Waals surface area contributed by atoms with Gasteiger partial charge in [0.05, 0.1) is 7.11 Å². The SMILES string of the molecule is COc1ccc(C(N)=S)cc1CN1CC(C)CCC1C. The highest BCUT2D eigenvalue weighted by Crippen LogP contribution is 2.27. The smallest absolute Gasteiger partial charge is 0.123 e. The molecule has 2 N–H and O–H groups in total. The molecule has 0 amide bonds. The molecule has 0 aliphatic carbocycles. The molecule has 3 nitrogen and oxygen atoms in total. The van der Waals surface area contributed by atoms with E-state index in [0.717, 1.165) is 30.3 Å². The van der Waals surface area contributed by atoms with Crippen LogP contribution < -0.4 is 10.5 Å². The number of benzene rings is 1. The minimum Gasteiger partial charge on any atom is -0.496 e. The Morgan fingerprint density at radius 2 is 2.15 bits per heavy atom. The molecule has 4 heteroatoms. The van der Waals surface area contributed by atoms with E-state index in [1.807, 2.05) is 12.1 Å². The number of thiocarbonyl (C=S) groups is 1. The summed E-state index contributed by atoms with van der Waals surface area (Å²) in [6.07, 6.45) is 2.58. The van der Waals surface area contributed by atoms with Crippen molar-refractivity contribution in [2.75, 3.05) is 13.7 Å². The van der Waals surface area contributed by atoms with Crippen molar-refractivity contribution in [3.8, 4) is 5.75 Å². The van der Waals surface area contributed by atoms with Gasteiger partial charge in [-0.3, -0.25) is 4.90 Å². The summed E-state index contributed by atoms with van der Waals surface area (Å²) in [6.45, 7) is 6.66. The normalized spacial score (nSPS) is 23.6. The van der Waals surface area contributed by atoms with Crippen LogP contribution in [0.1, 0.15) is 37.8 Å². The molecule has 1 heterocycles. The minimum atomic E-state index is 0.439. The standard InChI is InChI=1S/C16H24N2OS/c1-11-4-5-12(2)18(9-11)10-14-8-13(16(17)20)6-7-15(14)19-3/h6-8,11-12H,4-5,9-10H2,1-3H3,(H2,17,20). The maximum absolute atomic E-state index is 5.73. The first-order valence-electron chi connectivity index (χ1n) is 7.22. The summed E-state index contributed by atoms with van der Waals surface area (Å²) in [5.74, 6) is 1.67. The molecule has 0 spiro atoms. The van der Waals surface area contributed by atoms with Gasteiger partial charge in [0.15, 0.2) is 0 Å². The number of piperidine rings is 1. The summed E-state index contributed by atoms with van der Waals surface area (Å²) in [5, 5.41) is 0. The second kappa shape index (κ2) is 6.55. The van der Waals surface area contributed by atoms with E-state index in [0.29, 0.717) is 11.0 Å². The Hall–Kier alpha value is -1.13. The first-order chi connectivity index (χ1) is 9.51. The van der Waals surface area contributed by atoms with E-state index in [1.165, 1.54) is 18.4 Å². The van der Waals surface area contributed by atoms with E-state index in [-0.39, 0.29) is 0 Å². The quantitative estimate of drug-likeness (QED) is 0.866. The van der Waals surface area contributed by atoms with Crippen molar-refractivity contribution in [1.29, 1.82) is 0 Å². The molecule has 110 valence electrons. The molecule has 0 radical (unpaired) electrons. The predicted molar refractivity (Wildman–Crippen MR) is 87.2 cm³/mol. The highest BCUT2D eigenvalue weighted by molar-refractivity contribution is 7.80. The van der Waals surface area contributed by atoms with Crippen LogP contribution in [0, 0.1) is 5.92 Å². The molecular weight excluding hydrogens is 268 g/mol. The Balaban J connectivity index is 2.22. The highest BCUT2D eigenvalue weighted by Gasteiger charge is 2.23. The number of nitrogens with two attached hydrogens (primary N) is 1. The van der Waals surface area contributed by atoms with Crippen LogP contribution in [-0.4, -0.2) is 29.6 Å². The highest BCUT2D eigenvalue weighted by atomic mass is 32.1. The Labute approximate surface area is 127 Å². The largest absolute Gasteiger partial charge is 0.496 e. The number of hydrogen-bond acceptors (Lipinski definition) is 3. The van der Waals surface area contributed by atoms with Gasteiger partial charge >= 0.3 is 0 Å². The first kappa shape index (κ1) is 15.3. The Morgan fingerprint density at radius 1 is 1.40 bits per heavy atom. The summed E-state index contributed by atoms with van der Waals surface area (Å²) in [6, 6.07) is 6.56. The molecule has 1 aromatic rings. The summed E-state index contributed by atoms with van der Waals surface area (Å²) in [7, 11) is 1.71. The molecular formula is C16H24N2OS. The average Bonchev–Trinajstić information content (AvgIpc) is 2.42. The molecule has 1 aliphatic rings. The zero-order valence-corrected chi connectivity index (χ0v) is 13.4. The molecule has 2 unspecified atom stereocenters. The van der Waals surface area contributed by atoms with E-state index in [2.05, 4.69) is 24.8 Å². The monoisotopic (exact) mass is 292 g/mol. The molecule has 1 aliphatic heterocycles. The van der Waals surface area contributed by atoms with Crippen molar-refractivity contribution in [2.24, 2.45) is 11.7 Å². The molecule has 1 saturated heterocycles. The summed E-state index contributed by atoms with van der Waals surface area (Å²) in [5.41, 5.74) is 7.81. The summed E-state index contributed by atoms with van der Waals surface area (Å²) in [4.78, 5) is 2.96. The van der Waals surface area contributed by atoms with Crippen LogP contribution in [0.4, 0.5) is 0 Å². The number of nitrogens with zero attached hydrogens (tertiary/aromatic N) is 1. The molecule has 1 aromatic carbocycles. The fraction of sp³-hybridized carbons (Fsp3) is 0.562. The predicted octanol–water partition coefficient (Wildman–Crippen LogP) is 2.95. The molecule has 2 rings (SSSR count). The molecule has 0 aromatic heterocycles. The fourth-order valence-corrected chi connectivity index (χ4v) is 3.00. The molecule has 1 fully saturated rings. The Kier molecular flexibility index (Phi) is 5.00. The minimum absolute atomic E-state index is 0.439. The summed E-state index contributed by atoms with van der Waals surface area (Å²) >= 11 is 5.07. The lowest BCUT2D eigenvalue weighted by Crippen LogP contribution is -2.40. The van der Waals surface area contributed by atoms with E-state index < -0.39 is 0 Å². The number of hydrogen-bond donors (Lipinski definition) is 1. The van der Waals surface area contributed by atoms with E-state index >= 15 is 0 Å². The van der Waals surface area contributed by atoms with Crippen LogP contribution in [0.3, 0.4) is 0 Å². The summed E-state index contributed by atoms with van der Waals surface area (Å²) < 4.78 is 5.47.